The highest BCUT2D eigenvalue weighted by molar-refractivity contribution is 7.80. The normalized spacial score (nSPS) is 14.2. The molecule has 2 N–H and O–H groups in total. The zero-order chi connectivity index (χ0) is 25.5. The number of hydroxylamine groups is 1. The minimum Gasteiger partial charge on any atom is -0.346 e. The van der Waals surface area contributed by atoms with Crippen LogP contribution in [0.5, 0.6) is 0 Å². The number of carbonyl (C=O) groups is 1. The van der Waals surface area contributed by atoms with E-state index in [2.05, 4.69) is 69.3 Å². The number of aryl methyl sites for hydroxylation is 1. The number of nitrogens with one attached hydrogen (secondary N) is 1. The van der Waals surface area contributed by atoms with Crippen LogP contribution in [0.25, 0.3) is 22.0 Å². The van der Waals surface area contributed by atoms with Crippen LogP contribution in [0.1, 0.15) is 32.1 Å². The lowest BCUT2D eigenvalue weighted by Gasteiger charge is -2.38. The van der Waals surface area contributed by atoms with Crippen molar-refractivity contribution in [3.05, 3.63) is 48.7 Å². The van der Waals surface area contributed by atoms with Gasteiger partial charge in [-0.05, 0) is 67.5 Å². The number of aromatic nitrogens is 2. The summed E-state index contributed by atoms with van der Waals surface area (Å²) >= 11 is 5.99. The van der Waals surface area contributed by atoms with Crippen molar-refractivity contribution in [3.63, 3.8) is 0 Å². The fourth-order valence-corrected chi connectivity index (χ4v) is 5.02. The van der Waals surface area contributed by atoms with Gasteiger partial charge in [0.05, 0.1) is 11.7 Å². The number of unbranched alkanes of at least 4 members (excludes halogenated alkanes) is 3. The van der Waals surface area contributed by atoms with Gasteiger partial charge in [-0.25, -0.2) is 5.48 Å². The molecular formula is C27H36N6O2S. The molecule has 9 heteroatoms. The van der Waals surface area contributed by atoms with E-state index in [1.165, 1.54) is 5.56 Å². The van der Waals surface area contributed by atoms with Gasteiger partial charge in [0.2, 0.25) is 5.91 Å². The summed E-state index contributed by atoms with van der Waals surface area (Å²) < 4.78 is 1.89. The maximum absolute atomic E-state index is 11.2. The van der Waals surface area contributed by atoms with Crippen LogP contribution in [0.3, 0.4) is 0 Å². The van der Waals surface area contributed by atoms with Crippen molar-refractivity contribution in [2.45, 2.75) is 32.1 Å². The van der Waals surface area contributed by atoms with Crippen molar-refractivity contribution < 1.29 is 10.0 Å². The number of likely N-dealkylation sites (N-methyl/N-ethyl adjacent to an activating group) is 1. The van der Waals surface area contributed by atoms with Crippen LogP contribution in [0.15, 0.2) is 48.7 Å². The predicted molar refractivity (Wildman–Crippen MR) is 148 cm³/mol. The van der Waals surface area contributed by atoms with E-state index in [-0.39, 0.29) is 5.91 Å². The maximum Gasteiger partial charge on any atom is 0.243 e. The zero-order valence-electron chi connectivity index (χ0n) is 21.2. The second kappa shape index (κ2) is 12.3. The monoisotopic (exact) mass is 508 g/mol. The van der Waals surface area contributed by atoms with Crippen LogP contribution in [-0.2, 0) is 11.8 Å². The summed E-state index contributed by atoms with van der Waals surface area (Å²) in [7, 11) is 4.11. The van der Waals surface area contributed by atoms with Crippen LogP contribution in [0.4, 0.5) is 5.69 Å². The smallest absolute Gasteiger partial charge is 0.243 e. The SMILES string of the molecule is CN1CCN(C(=S)N(CCCCCCC(=O)NO)c2ccc(-c3ccc4c(cnn4C)c3)cc2)CC1. The number of benzene rings is 2. The molecule has 1 aromatic heterocycles. The number of amides is 1. The minimum atomic E-state index is -0.323. The quantitative estimate of drug-likeness (QED) is 0.196. The molecule has 1 saturated heterocycles. The van der Waals surface area contributed by atoms with Gasteiger partial charge >= 0.3 is 0 Å². The van der Waals surface area contributed by atoms with E-state index in [4.69, 9.17) is 17.4 Å². The lowest BCUT2D eigenvalue weighted by Crippen LogP contribution is -2.52. The van der Waals surface area contributed by atoms with Crippen LogP contribution < -0.4 is 10.4 Å². The molecule has 0 unspecified atom stereocenters. The summed E-state index contributed by atoms with van der Waals surface area (Å²) in [5.74, 6) is -0.323. The first-order valence-electron chi connectivity index (χ1n) is 12.7. The van der Waals surface area contributed by atoms with E-state index in [1.807, 2.05) is 17.9 Å². The van der Waals surface area contributed by atoms with Crippen molar-refractivity contribution in [1.29, 1.82) is 0 Å². The number of hydrogen-bond donors (Lipinski definition) is 2. The first kappa shape index (κ1) is 26.1. The van der Waals surface area contributed by atoms with Crippen molar-refractivity contribution in [2.75, 3.05) is 44.7 Å². The van der Waals surface area contributed by atoms with Gasteiger partial charge in [-0.2, -0.15) is 5.10 Å². The number of piperazine rings is 1. The van der Waals surface area contributed by atoms with Crippen LogP contribution in [0, 0.1) is 0 Å². The maximum atomic E-state index is 11.2. The molecule has 0 saturated carbocycles. The van der Waals surface area contributed by atoms with E-state index in [1.54, 1.807) is 5.48 Å². The van der Waals surface area contributed by atoms with Crippen molar-refractivity contribution in [3.8, 4) is 11.1 Å². The fourth-order valence-electron chi connectivity index (χ4n) is 4.65. The number of thiocarbonyl (C=S) groups is 1. The Balaban J connectivity index is 1.45. The predicted octanol–water partition coefficient (Wildman–Crippen LogP) is 4.03. The Morgan fingerprint density at radius 1 is 1.00 bits per heavy atom. The Hall–Kier alpha value is -3.01. The largest absolute Gasteiger partial charge is 0.346 e. The molecule has 0 spiro atoms. The Kier molecular flexibility index (Phi) is 8.90. The molecule has 0 aliphatic carbocycles. The summed E-state index contributed by atoms with van der Waals surface area (Å²) in [5, 5.41) is 15.0. The molecule has 2 aromatic carbocycles. The number of carbonyl (C=O) groups excluding carboxylic acids is 1. The molecule has 1 aliphatic rings. The molecule has 36 heavy (non-hydrogen) atoms. The standard InChI is InChI=1S/C27H36N6O2S/c1-30-15-17-32(18-16-30)27(36)33(14-6-4-3-5-7-26(34)29-35)24-11-8-21(9-12-24)22-10-13-25-23(19-22)20-28-31(25)2/h8-13,19-20,35H,3-7,14-18H2,1-2H3,(H,29,34). The fraction of sp³-hybridized carbons (Fsp3) is 0.444. The first-order chi connectivity index (χ1) is 17.5. The molecule has 8 nitrogen and oxygen atoms in total. The highest BCUT2D eigenvalue weighted by Gasteiger charge is 2.22. The zero-order valence-corrected chi connectivity index (χ0v) is 22.0. The van der Waals surface area contributed by atoms with Crippen molar-refractivity contribution >= 4 is 39.8 Å². The number of rotatable bonds is 9. The van der Waals surface area contributed by atoms with E-state index in [9.17, 15) is 4.79 Å². The van der Waals surface area contributed by atoms with Crippen molar-refractivity contribution in [2.24, 2.45) is 7.05 Å². The summed E-state index contributed by atoms with van der Waals surface area (Å²) in [5.41, 5.74) is 6.25. The molecule has 4 rings (SSSR count). The molecule has 3 aromatic rings. The molecular weight excluding hydrogens is 472 g/mol. The third-order valence-corrected chi connectivity index (χ3v) is 7.40. The van der Waals surface area contributed by atoms with Crippen LogP contribution >= 0.6 is 12.2 Å². The molecule has 1 aliphatic heterocycles. The van der Waals surface area contributed by atoms with E-state index in [0.717, 1.165) is 85.7 Å². The molecule has 1 amide bonds. The van der Waals surface area contributed by atoms with Crippen LogP contribution in [0.2, 0.25) is 0 Å². The minimum absolute atomic E-state index is 0.323. The number of hydrogen-bond acceptors (Lipinski definition) is 5. The Labute approximate surface area is 218 Å². The Morgan fingerprint density at radius 2 is 1.69 bits per heavy atom. The molecule has 0 bridgehead atoms. The molecule has 1 fully saturated rings. The number of fused-ring (bicyclic) bond motifs is 1. The van der Waals surface area contributed by atoms with Gasteiger partial charge in [0, 0.05) is 57.3 Å². The highest BCUT2D eigenvalue weighted by Crippen LogP contribution is 2.27. The molecule has 0 atom stereocenters. The first-order valence-corrected chi connectivity index (χ1v) is 13.1. The van der Waals surface area contributed by atoms with Gasteiger partial charge in [0.1, 0.15) is 0 Å². The van der Waals surface area contributed by atoms with Crippen molar-refractivity contribution in [1.82, 2.24) is 25.1 Å². The summed E-state index contributed by atoms with van der Waals surface area (Å²) in [6, 6.07) is 15.1. The molecule has 192 valence electrons. The average molecular weight is 509 g/mol. The number of anilines is 1. The number of nitrogens with zero attached hydrogens (tertiary/aromatic N) is 5. The van der Waals surface area contributed by atoms with E-state index in [0.29, 0.717) is 6.42 Å². The summed E-state index contributed by atoms with van der Waals surface area (Å²) in [6.07, 6.45) is 5.95. The van der Waals surface area contributed by atoms with Crippen LogP contribution in [-0.4, -0.2) is 75.6 Å². The third-order valence-electron chi connectivity index (χ3n) is 6.92. The average Bonchev–Trinajstić information content (AvgIpc) is 3.28. The Morgan fingerprint density at radius 3 is 2.42 bits per heavy atom. The topological polar surface area (TPSA) is 76.9 Å². The second-order valence-electron chi connectivity index (χ2n) is 9.51. The highest BCUT2D eigenvalue weighted by atomic mass is 32.1. The van der Waals surface area contributed by atoms with E-state index >= 15 is 0 Å². The summed E-state index contributed by atoms with van der Waals surface area (Å²) in [6.45, 7) is 4.72. The lowest BCUT2D eigenvalue weighted by molar-refractivity contribution is -0.129. The van der Waals surface area contributed by atoms with Gasteiger partial charge in [-0.15, -0.1) is 0 Å². The van der Waals surface area contributed by atoms with Gasteiger partial charge in [-0.1, -0.05) is 31.0 Å². The van der Waals surface area contributed by atoms with Gasteiger partial charge < -0.3 is 14.7 Å². The van der Waals surface area contributed by atoms with Gasteiger partial charge in [0.25, 0.3) is 0 Å². The van der Waals surface area contributed by atoms with Gasteiger partial charge in [0.15, 0.2) is 5.11 Å². The third kappa shape index (κ3) is 6.40. The Bertz CT molecular complexity index is 1170. The second-order valence-corrected chi connectivity index (χ2v) is 9.88. The summed E-state index contributed by atoms with van der Waals surface area (Å²) in [4.78, 5) is 18.1. The molecule has 2 heterocycles. The van der Waals surface area contributed by atoms with E-state index < -0.39 is 0 Å². The molecule has 0 radical (unpaired) electrons. The lowest BCUT2D eigenvalue weighted by atomic mass is 10.0. The van der Waals surface area contributed by atoms with Gasteiger partial charge in [-0.3, -0.25) is 14.7 Å².